The third-order valence-electron chi connectivity index (χ3n) is 4.11. The van der Waals surface area contributed by atoms with Crippen LogP contribution in [-0.4, -0.2) is 25.5 Å². The third-order valence-corrected chi connectivity index (χ3v) is 5.44. The summed E-state index contributed by atoms with van der Waals surface area (Å²) in [6.07, 6.45) is 3.15. The summed E-state index contributed by atoms with van der Waals surface area (Å²) in [4.78, 5) is 3.01. The van der Waals surface area contributed by atoms with Gasteiger partial charge in [-0.3, -0.25) is 0 Å². The first-order valence-corrected chi connectivity index (χ1v) is 8.96. The number of nitrogens with zero attached hydrogens (tertiary/aromatic N) is 1. The number of hydrogen-bond acceptors (Lipinski definition) is 4. The standard InChI is InChI=1S/C15H25N3O2S/c1-11-6-4-7-12(2)18(11)17-21(19,20)15-9-5-8-14(10-15)13(3)16/h5,8-13,17H,4,6-7,16H2,1-3H3. The number of nitrogens with two attached hydrogens (primary N) is 1. The van der Waals surface area contributed by atoms with E-state index in [0.717, 1.165) is 24.8 Å². The highest BCUT2D eigenvalue weighted by molar-refractivity contribution is 7.89. The highest BCUT2D eigenvalue weighted by Crippen LogP contribution is 2.22. The molecular weight excluding hydrogens is 286 g/mol. The first-order valence-electron chi connectivity index (χ1n) is 7.47. The largest absolute Gasteiger partial charge is 0.324 e. The summed E-state index contributed by atoms with van der Waals surface area (Å²) in [7, 11) is -3.56. The summed E-state index contributed by atoms with van der Waals surface area (Å²) in [6.45, 7) is 5.95. The van der Waals surface area contributed by atoms with Crippen molar-refractivity contribution in [1.29, 1.82) is 0 Å². The van der Waals surface area contributed by atoms with Gasteiger partial charge >= 0.3 is 0 Å². The van der Waals surface area contributed by atoms with Crippen molar-refractivity contribution in [1.82, 2.24) is 9.84 Å². The number of benzene rings is 1. The molecule has 0 bridgehead atoms. The molecule has 1 heterocycles. The molecule has 1 fully saturated rings. The molecule has 0 saturated carbocycles. The van der Waals surface area contributed by atoms with Crippen LogP contribution in [-0.2, 0) is 10.0 Å². The van der Waals surface area contributed by atoms with E-state index < -0.39 is 10.0 Å². The number of hydrazine groups is 1. The first-order chi connectivity index (χ1) is 9.81. The molecule has 21 heavy (non-hydrogen) atoms. The number of rotatable bonds is 4. The van der Waals surface area contributed by atoms with E-state index in [9.17, 15) is 8.42 Å². The zero-order valence-electron chi connectivity index (χ0n) is 12.9. The smallest absolute Gasteiger partial charge is 0.253 e. The van der Waals surface area contributed by atoms with Crippen molar-refractivity contribution in [2.75, 3.05) is 0 Å². The molecule has 0 aliphatic carbocycles. The molecule has 0 radical (unpaired) electrons. The molecule has 1 aromatic rings. The Morgan fingerprint density at radius 2 is 1.90 bits per heavy atom. The summed E-state index contributed by atoms with van der Waals surface area (Å²) in [5.74, 6) is 0. The third kappa shape index (κ3) is 3.83. The number of sulfonamides is 1. The Labute approximate surface area is 127 Å². The minimum Gasteiger partial charge on any atom is -0.324 e. The molecular formula is C15H25N3O2S. The van der Waals surface area contributed by atoms with E-state index in [2.05, 4.69) is 18.7 Å². The molecule has 5 nitrogen and oxygen atoms in total. The molecule has 1 saturated heterocycles. The van der Waals surface area contributed by atoms with Crippen molar-refractivity contribution >= 4 is 10.0 Å². The van der Waals surface area contributed by atoms with E-state index in [0.29, 0.717) is 0 Å². The van der Waals surface area contributed by atoms with Gasteiger partial charge in [-0.2, -0.15) is 0 Å². The van der Waals surface area contributed by atoms with Gasteiger partial charge in [0.05, 0.1) is 4.90 Å². The summed E-state index contributed by atoms with van der Waals surface area (Å²) < 4.78 is 25.1. The Bertz CT molecular complexity index is 576. The predicted molar refractivity (Wildman–Crippen MR) is 84.0 cm³/mol. The van der Waals surface area contributed by atoms with Crippen LogP contribution in [0.2, 0.25) is 0 Å². The maximum atomic E-state index is 12.6. The van der Waals surface area contributed by atoms with Gasteiger partial charge in [-0.15, -0.1) is 4.83 Å². The van der Waals surface area contributed by atoms with E-state index in [-0.39, 0.29) is 23.0 Å². The van der Waals surface area contributed by atoms with Crippen molar-refractivity contribution < 1.29 is 8.42 Å². The minimum atomic E-state index is -3.56. The normalized spacial score (nSPS) is 25.7. The van der Waals surface area contributed by atoms with E-state index >= 15 is 0 Å². The van der Waals surface area contributed by atoms with Gasteiger partial charge in [0.25, 0.3) is 10.0 Å². The zero-order chi connectivity index (χ0) is 15.6. The fourth-order valence-corrected chi connectivity index (χ4v) is 4.05. The molecule has 3 unspecified atom stereocenters. The maximum Gasteiger partial charge on any atom is 0.253 e. The molecule has 118 valence electrons. The Hall–Kier alpha value is -0.950. The second-order valence-corrected chi connectivity index (χ2v) is 7.65. The Kier molecular flexibility index (Phi) is 5.03. The molecule has 0 aromatic heterocycles. The highest BCUT2D eigenvalue weighted by Gasteiger charge is 2.29. The molecule has 3 atom stereocenters. The van der Waals surface area contributed by atoms with Gasteiger partial charge in [0.1, 0.15) is 0 Å². The van der Waals surface area contributed by atoms with Crippen molar-refractivity contribution in [3.8, 4) is 0 Å². The van der Waals surface area contributed by atoms with E-state index in [1.54, 1.807) is 18.2 Å². The van der Waals surface area contributed by atoms with Crippen LogP contribution in [0.5, 0.6) is 0 Å². The van der Waals surface area contributed by atoms with Crippen LogP contribution in [0, 0.1) is 0 Å². The molecule has 0 spiro atoms. The SMILES string of the molecule is CC(N)c1cccc(S(=O)(=O)NN2C(C)CCCC2C)c1. The van der Waals surface area contributed by atoms with Crippen LogP contribution in [0.15, 0.2) is 29.2 Å². The first kappa shape index (κ1) is 16.4. The number of piperidine rings is 1. The van der Waals surface area contributed by atoms with E-state index in [1.807, 2.05) is 18.0 Å². The van der Waals surface area contributed by atoms with Gasteiger partial charge in [-0.25, -0.2) is 13.4 Å². The van der Waals surface area contributed by atoms with E-state index in [1.165, 1.54) is 0 Å². The summed E-state index contributed by atoms with van der Waals surface area (Å²) in [5, 5.41) is 1.86. The average Bonchev–Trinajstić information content (AvgIpc) is 2.43. The molecule has 6 heteroatoms. The summed E-state index contributed by atoms with van der Waals surface area (Å²) >= 11 is 0. The Balaban J connectivity index is 2.23. The fourth-order valence-electron chi connectivity index (χ4n) is 2.76. The summed E-state index contributed by atoms with van der Waals surface area (Å²) in [6, 6.07) is 7.06. The fraction of sp³-hybridized carbons (Fsp3) is 0.600. The van der Waals surface area contributed by atoms with Crippen molar-refractivity contribution in [2.24, 2.45) is 5.73 Å². The molecule has 3 N–H and O–H groups in total. The lowest BCUT2D eigenvalue weighted by Crippen LogP contribution is -2.53. The topological polar surface area (TPSA) is 75.4 Å². The predicted octanol–water partition coefficient (Wildman–Crippen LogP) is 2.16. The van der Waals surface area contributed by atoms with Gasteiger partial charge in [-0.1, -0.05) is 18.6 Å². The maximum absolute atomic E-state index is 12.6. The number of hydrogen-bond donors (Lipinski definition) is 2. The quantitative estimate of drug-likeness (QED) is 0.893. The number of nitrogens with one attached hydrogen (secondary N) is 1. The van der Waals surface area contributed by atoms with Crippen LogP contribution < -0.4 is 10.6 Å². The van der Waals surface area contributed by atoms with Gasteiger partial charge < -0.3 is 5.73 Å². The average molecular weight is 311 g/mol. The molecule has 1 aliphatic heterocycles. The van der Waals surface area contributed by atoms with Gasteiger partial charge in [0.15, 0.2) is 0 Å². The highest BCUT2D eigenvalue weighted by atomic mass is 32.2. The van der Waals surface area contributed by atoms with Gasteiger partial charge in [0.2, 0.25) is 0 Å². The summed E-state index contributed by atoms with van der Waals surface area (Å²) in [5.41, 5.74) is 6.65. The molecule has 1 aromatic carbocycles. The second kappa shape index (κ2) is 6.44. The Morgan fingerprint density at radius 3 is 2.48 bits per heavy atom. The minimum absolute atomic E-state index is 0.187. The molecule has 2 rings (SSSR count). The zero-order valence-corrected chi connectivity index (χ0v) is 13.7. The Morgan fingerprint density at radius 1 is 1.29 bits per heavy atom. The van der Waals surface area contributed by atoms with Crippen molar-refractivity contribution in [2.45, 2.75) is 63.1 Å². The van der Waals surface area contributed by atoms with Crippen LogP contribution in [0.3, 0.4) is 0 Å². The lowest BCUT2D eigenvalue weighted by Gasteiger charge is -2.38. The lowest BCUT2D eigenvalue weighted by molar-refractivity contribution is 0.0790. The van der Waals surface area contributed by atoms with Crippen LogP contribution in [0.25, 0.3) is 0 Å². The van der Waals surface area contributed by atoms with Crippen LogP contribution in [0.4, 0.5) is 0 Å². The van der Waals surface area contributed by atoms with E-state index in [4.69, 9.17) is 5.73 Å². The lowest BCUT2D eigenvalue weighted by atomic mass is 10.0. The monoisotopic (exact) mass is 311 g/mol. The van der Waals surface area contributed by atoms with Crippen molar-refractivity contribution in [3.63, 3.8) is 0 Å². The van der Waals surface area contributed by atoms with Gasteiger partial charge in [0, 0.05) is 18.1 Å². The molecule has 1 aliphatic rings. The second-order valence-electron chi connectivity index (χ2n) is 5.99. The van der Waals surface area contributed by atoms with Crippen LogP contribution >= 0.6 is 0 Å². The van der Waals surface area contributed by atoms with Crippen molar-refractivity contribution in [3.05, 3.63) is 29.8 Å². The molecule has 0 amide bonds. The van der Waals surface area contributed by atoms with Crippen LogP contribution in [0.1, 0.15) is 51.6 Å². The van der Waals surface area contributed by atoms with Gasteiger partial charge in [-0.05, 0) is 51.3 Å².